The summed E-state index contributed by atoms with van der Waals surface area (Å²) in [5, 5.41) is 9.72. The Balaban J connectivity index is 2.32. The minimum absolute atomic E-state index is 0.165. The molecule has 0 radical (unpaired) electrons. The second-order valence-corrected chi connectivity index (χ2v) is 8.26. The first-order chi connectivity index (χ1) is 8.96. The first kappa shape index (κ1) is 15.8. The van der Waals surface area contributed by atoms with Crippen molar-refractivity contribution in [3.63, 3.8) is 0 Å². The van der Waals surface area contributed by atoms with Gasteiger partial charge in [0.2, 0.25) is 0 Å². The third-order valence-corrected chi connectivity index (χ3v) is 4.97. The molecule has 2 aliphatic rings. The Kier molecular flexibility index (Phi) is 3.71. The van der Waals surface area contributed by atoms with Crippen molar-refractivity contribution in [2.24, 2.45) is 5.41 Å². The summed E-state index contributed by atoms with van der Waals surface area (Å²) in [5.41, 5.74) is -0.670. The van der Waals surface area contributed by atoms with Gasteiger partial charge in [0.15, 0.2) is 0 Å². The quantitative estimate of drug-likeness (QED) is 0.846. The molecular weight excluding hydrogens is 254 g/mol. The van der Waals surface area contributed by atoms with Gasteiger partial charge in [-0.1, -0.05) is 13.8 Å². The van der Waals surface area contributed by atoms with E-state index in [4.69, 9.17) is 4.74 Å². The predicted octanol–water partition coefficient (Wildman–Crippen LogP) is 2.91. The standard InChI is InChI=1S/C16H29NO3/c1-14(2)8-7-9-17(12(14)13(18)19)11-10-15(3,4)20-16(11,5)6/h11-12H,7-10H2,1-6H3,(H,18,19). The van der Waals surface area contributed by atoms with E-state index < -0.39 is 12.0 Å². The van der Waals surface area contributed by atoms with E-state index in [9.17, 15) is 9.90 Å². The van der Waals surface area contributed by atoms with Gasteiger partial charge in [-0.05, 0) is 58.9 Å². The number of ether oxygens (including phenoxy) is 1. The monoisotopic (exact) mass is 283 g/mol. The first-order valence-electron chi connectivity index (χ1n) is 7.65. The van der Waals surface area contributed by atoms with Crippen LogP contribution in [0.15, 0.2) is 0 Å². The molecule has 116 valence electrons. The fourth-order valence-electron chi connectivity index (χ4n) is 4.29. The molecule has 2 fully saturated rings. The van der Waals surface area contributed by atoms with Gasteiger partial charge in [-0.15, -0.1) is 0 Å². The van der Waals surface area contributed by atoms with E-state index in [1.807, 2.05) is 0 Å². The lowest BCUT2D eigenvalue weighted by Crippen LogP contribution is -2.61. The zero-order valence-electron chi connectivity index (χ0n) is 13.7. The molecular formula is C16H29NO3. The summed E-state index contributed by atoms with van der Waals surface area (Å²) in [4.78, 5) is 14.0. The largest absolute Gasteiger partial charge is 0.480 e. The number of piperidine rings is 1. The lowest BCUT2D eigenvalue weighted by atomic mass is 9.74. The van der Waals surface area contributed by atoms with Crippen LogP contribution < -0.4 is 0 Å². The molecule has 2 unspecified atom stereocenters. The van der Waals surface area contributed by atoms with E-state index in [2.05, 4.69) is 46.4 Å². The SMILES string of the molecule is CC1(C)CC(N2CCCC(C)(C)C2C(=O)O)C(C)(C)O1. The molecule has 0 aromatic carbocycles. The van der Waals surface area contributed by atoms with Gasteiger partial charge < -0.3 is 9.84 Å². The van der Waals surface area contributed by atoms with Gasteiger partial charge in [-0.2, -0.15) is 0 Å². The van der Waals surface area contributed by atoms with Crippen LogP contribution in [0.1, 0.15) is 60.8 Å². The molecule has 0 amide bonds. The molecule has 0 aliphatic carbocycles. The molecule has 20 heavy (non-hydrogen) atoms. The highest BCUT2D eigenvalue weighted by Gasteiger charge is 2.54. The molecule has 0 saturated carbocycles. The zero-order chi connectivity index (χ0) is 15.3. The van der Waals surface area contributed by atoms with Crippen LogP contribution in [0.25, 0.3) is 0 Å². The average molecular weight is 283 g/mol. The summed E-state index contributed by atoms with van der Waals surface area (Å²) >= 11 is 0. The first-order valence-corrected chi connectivity index (χ1v) is 7.65. The summed E-state index contributed by atoms with van der Waals surface area (Å²) in [6.07, 6.45) is 2.92. The van der Waals surface area contributed by atoms with E-state index in [0.717, 1.165) is 25.8 Å². The zero-order valence-corrected chi connectivity index (χ0v) is 13.7. The molecule has 0 aromatic rings. The number of carbonyl (C=O) groups is 1. The van der Waals surface area contributed by atoms with Gasteiger partial charge in [0.05, 0.1) is 11.2 Å². The third-order valence-electron chi connectivity index (χ3n) is 4.97. The van der Waals surface area contributed by atoms with Gasteiger partial charge in [0.25, 0.3) is 0 Å². The number of likely N-dealkylation sites (tertiary alicyclic amines) is 1. The van der Waals surface area contributed by atoms with E-state index in [0.29, 0.717) is 0 Å². The number of carboxylic acids is 1. The predicted molar refractivity (Wildman–Crippen MR) is 78.8 cm³/mol. The molecule has 4 heteroatoms. The summed E-state index contributed by atoms with van der Waals surface area (Å²) < 4.78 is 6.16. The Morgan fingerprint density at radius 3 is 2.25 bits per heavy atom. The van der Waals surface area contributed by atoms with E-state index in [-0.39, 0.29) is 22.7 Å². The molecule has 2 aliphatic heterocycles. The minimum Gasteiger partial charge on any atom is -0.480 e. The van der Waals surface area contributed by atoms with Crippen LogP contribution in [0.2, 0.25) is 0 Å². The van der Waals surface area contributed by atoms with Crippen LogP contribution in [0.5, 0.6) is 0 Å². The lowest BCUT2D eigenvalue weighted by molar-refractivity contribution is -0.156. The van der Waals surface area contributed by atoms with Crippen molar-refractivity contribution >= 4 is 5.97 Å². The van der Waals surface area contributed by atoms with Gasteiger partial charge in [0, 0.05) is 6.04 Å². The number of aliphatic carboxylic acids is 1. The molecule has 0 spiro atoms. The van der Waals surface area contributed by atoms with Crippen LogP contribution >= 0.6 is 0 Å². The van der Waals surface area contributed by atoms with Gasteiger partial charge in [-0.25, -0.2) is 0 Å². The van der Waals surface area contributed by atoms with Gasteiger partial charge in [-0.3, -0.25) is 9.69 Å². The maximum atomic E-state index is 11.8. The molecule has 2 rings (SSSR count). The smallest absolute Gasteiger partial charge is 0.321 e. The van der Waals surface area contributed by atoms with Crippen molar-refractivity contribution < 1.29 is 14.6 Å². The topological polar surface area (TPSA) is 49.8 Å². The molecule has 0 bridgehead atoms. The fourth-order valence-corrected chi connectivity index (χ4v) is 4.29. The maximum Gasteiger partial charge on any atom is 0.321 e. The molecule has 0 aromatic heterocycles. The number of carboxylic acid groups (broad SMARTS) is 1. The maximum absolute atomic E-state index is 11.8. The molecule has 2 heterocycles. The van der Waals surface area contributed by atoms with E-state index in [1.165, 1.54) is 0 Å². The minimum atomic E-state index is -0.699. The van der Waals surface area contributed by atoms with Crippen LogP contribution in [-0.4, -0.2) is 45.8 Å². The van der Waals surface area contributed by atoms with Crippen LogP contribution in [0.4, 0.5) is 0 Å². The third kappa shape index (κ3) is 2.73. The van der Waals surface area contributed by atoms with Crippen LogP contribution in [0, 0.1) is 5.41 Å². The van der Waals surface area contributed by atoms with Crippen molar-refractivity contribution in [1.29, 1.82) is 0 Å². The molecule has 1 N–H and O–H groups in total. The number of rotatable bonds is 2. The second kappa shape index (κ2) is 4.70. The Hall–Kier alpha value is -0.610. The Morgan fingerprint density at radius 2 is 1.80 bits per heavy atom. The molecule has 2 atom stereocenters. The van der Waals surface area contributed by atoms with E-state index in [1.54, 1.807) is 0 Å². The van der Waals surface area contributed by atoms with Crippen molar-refractivity contribution in [3.8, 4) is 0 Å². The summed E-state index contributed by atoms with van der Waals surface area (Å²) in [6, 6.07) is -0.254. The van der Waals surface area contributed by atoms with Crippen molar-refractivity contribution in [2.75, 3.05) is 6.54 Å². The number of nitrogens with zero attached hydrogens (tertiary/aromatic N) is 1. The van der Waals surface area contributed by atoms with Crippen molar-refractivity contribution in [3.05, 3.63) is 0 Å². The highest BCUT2D eigenvalue weighted by molar-refractivity contribution is 5.74. The summed E-state index contributed by atoms with van der Waals surface area (Å²) in [5.74, 6) is -0.699. The summed E-state index contributed by atoms with van der Waals surface area (Å²) in [7, 11) is 0. The van der Waals surface area contributed by atoms with E-state index >= 15 is 0 Å². The second-order valence-electron chi connectivity index (χ2n) is 8.26. The molecule has 2 saturated heterocycles. The highest BCUT2D eigenvalue weighted by Crippen LogP contribution is 2.45. The van der Waals surface area contributed by atoms with Gasteiger partial charge in [0.1, 0.15) is 6.04 Å². The van der Waals surface area contributed by atoms with Crippen LogP contribution in [-0.2, 0) is 9.53 Å². The van der Waals surface area contributed by atoms with Crippen molar-refractivity contribution in [1.82, 2.24) is 4.90 Å². The Labute approximate surface area is 122 Å². The Morgan fingerprint density at radius 1 is 1.20 bits per heavy atom. The molecule has 4 nitrogen and oxygen atoms in total. The lowest BCUT2D eigenvalue weighted by Gasteiger charge is -2.49. The fraction of sp³-hybridized carbons (Fsp3) is 0.938. The highest BCUT2D eigenvalue weighted by atomic mass is 16.5. The number of hydrogen-bond acceptors (Lipinski definition) is 3. The average Bonchev–Trinajstić information content (AvgIpc) is 2.43. The summed E-state index contributed by atoms with van der Waals surface area (Å²) in [6.45, 7) is 13.4. The van der Waals surface area contributed by atoms with Crippen molar-refractivity contribution in [2.45, 2.75) is 84.1 Å². The van der Waals surface area contributed by atoms with Gasteiger partial charge >= 0.3 is 5.97 Å². The number of hydrogen-bond donors (Lipinski definition) is 1. The normalized spacial score (nSPS) is 35.9. The van der Waals surface area contributed by atoms with Crippen LogP contribution in [0.3, 0.4) is 0 Å². The Bertz CT molecular complexity index is 401.